The number of benzene rings is 2. The van der Waals surface area contributed by atoms with Gasteiger partial charge in [0, 0.05) is 18.3 Å². The van der Waals surface area contributed by atoms with Gasteiger partial charge in [0.25, 0.3) is 10.0 Å². The maximum Gasteiger partial charge on any atom is 0.265 e. The molecular formula is C22H18FN5O5S. The predicted octanol–water partition coefficient (Wildman–Crippen LogP) is 2.20. The van der Waals surface area contributed by atoms with Crippen molar-refractivity contribution in [2.45, 2.75) is 11.4 Å². The average molecular weight is 483 g/mol. The van der Waals surface area contributed by atoms with E-state index in [4.69, 9.17) is 0 Å². The Labute approximate surface area is 193 Å². The van der Waals surface area contributed by atoms with Crippen LogP contribution in [0.3, 0.4) is 0 Å². The van der Waals surface area contributed by atoms with Crippen molar-refractivity contribution in [3.05, 3.63) is 83.6 Å². The van der Waals surface area contributed by atoms with Crippen LogP contribution < -0.4 is 5.32 Å². The molecule has 2 aromatic carbocycles. The predicted molar refractivity (Wildman–Crippen MR) is 120 cm³/mol. The van der Waals surface area contributed by atoms with Crippen LogP contribution in [0.25, 0.3) is 11.8 Å². The van der Waals surface area contributed by atoms with Crippen LogP contribution in [0.4, 0.5) is 10.1 Å². The molecule has 0 aliphatic carbocycles. The smallest absolute Gasteiger partial charge is 0.265 e. The first kappa shape index (κ1) is 22.9. The fourth-order valence-electron chi connectivity index (χ4n) is 3.32. The van der Waals surface area contributed by atoms with E-state index < -0.39 is 39.0 Å². The summed E-state index contributed by atoms with van der Waals surface area (Å²) in [6.45, 7) is -0.213. The molecule has 3 aromatic rings. The van der Waals surface area contributed by atoms with Crippen molar-refractivity contribution in [3.63, 3.8) is 0 Å². The Hall–Kier alpha value is -4.32. The van der Waals surface area contributed by atoms with Gasteiger partial charge >= 0.3 is 0 Å². The highest BCUT2D eigenvalue weighted by molar-refractivity contribution is 7.89. The van der Waals surface area contributed by atoms with E-state index in [1.54, 1.807) is 6.07 Å². The number of likely N-dealkylation sites (N-methyl/N-ethyl adjacent to an activating group) is 1. The number of anilines is 1. The number of nitrogens with zero attached hydrogens (tertiary/aromatic N) is 4. The Morgan fingerprint density at radius 3 is 2.71 bits per heavy atom. The van der Waals surface area contributed by atoms with Crippen molar-refractivity contribution in [3.8, 4) is 0 Å². The molecule has 174 valence electrons. The Morgan fingerprint density at radius 2 is 1.94 bits per heavy atom. The number of fused-ring (bicyclic) bond motifs is 1. The summed E-state index contributed by atoms with van der Waals surface area (Å²) in [7, 11) is -2.83. The van der Waals surface area contributed by atoms with E-state index in [1.165, 1.54) is 66.5 Å². The first-order valence-electron chi connectivity index (χ1n) is 9.86. The van der Waals surface area contributed by atoms with Crippen LogP contribution in [-0.4, -0.2) is 51.6 Å². The maximum absolute atomic E-state index is 13.2. The molecule has 0 atom stereocenters. The normalized spacial score (nSPS) is 14.8. The van der Waals surface area contributed by atoms with Crippen molar-refractivity contribution in [1.82, 2.24) is 19.3 Å². The van der Waals surface area contributed by atoms with Gasteiger partial charge < -0.3 is 10.4 Å². The van der Waals surface area contributed by atoms with Crippen molar-refractivity contribution in [2.24, 2.45) is 0 Å². The van der Waals surface area contributed by atoms with E-state index in [9.17, 15) is 27.5 Å². The van der Waals surface area contributed by atoms with Crippen LogP contribution in [0.2, 0.25) is 0 Å². The highest BCUT2D eigenvalue weighted by atomic mass is 32.2. The minimum absolute atomic E-state index is 0.0348. The quantitative estimate of drug-likeness (QED) is 0.513. The molecule has 34 heavy (non-hydrogen) atoms. The van der Waals surface area contributed by atoms with Gasteiger partial charge in [-0.1, -0.05) is 23.4 Å². The van der Waals surface area contributed by atoms with E-state index in [0.717, 1.165) is 10.4 Å². The summed E-state index contributed by atoms with van der Waals surface area (Å²) in [5, 5.41) is 20.7. The summed E-state index contributed by atoms with van der Waals surface area (Å²) in [4.78, 5) is 24.8. The number of amides is 1. The Bertz CT molecular complexity index is 1460. The van der Waals surface area contributed by atoms with Crippen LogP contribution >= 0.6 is 0 Å². The van der Waals surface area contributed by atoms with Gasteiger partial charge in [0.1, 0.15) is 23.8 Å². The van der Waals surface area contributed by atoms with Crippen LogP contribution in [0.1, 0.15) is 11.3 Å². The molecule has 1 aliphatic heterocycles. The second-order valence-electron chi connectivity index (χ2n) is 7.26. The second-order valence-corrected chi connectivity index (χ2v) is 9.20. The number of ketones is 1. The van der Waals surface area contributed by atoms with E-state index in [2.05, 4.69) is 15.6 Å². The topological polar surface area (TPSA) is 134 Å². The standard InChI is InChI=1S/C22H18FN5O5S/c1-27-21(22(31)17-7-2-3-8-19(17)34(27,32)33)18(29)10-9-16-12-28(26-25-16)13-20(30)24-15-6-4-5-14(23)11-15/h2-12,31H,13H2,1H3,(H,24,30)/b10-9+. The molecule has 0 saturated carbocycles. The largest absolute Gasteiger partial charge is 0.505 e. The van der Waals surface area contributed by atoms with Gasteiger partial charge in [-0.3, -0.25) is 13.9 Å². The zero-order valence-corrected chi connectivity index (χ0v) is 18.5. The maximum atomic E-state index is 13.2. The van der Waals surface area contributed by atoms with Crippen LogP contribution in [0.15, 0.2) is 71.4 Å². The van der Waals surface area contributed by atoms with E-state index in [1.807, 2.05) is 0 Å². The van der Waals surface area contributed by atoms with Gasteiger partial charge in [-0.05, 0) is 42.5 Å². The monoisotopic (exact) mass is 483 g/mol. The SMILES string of the molecule is CN1C(C(=O)/C=C/c2cn(CC(=O)Nc3cccc(F)c3)nn2)=C(O)c2ccccc2S1(=O)=O. The number of aliphatic hydroxyl groups excluding tert-OH is 1. The number of rotatable bonds is 6. The van der Waals surface area contributed by atoms with E-state index in [-0.39, 0.29) is 28.4 Å². The van der Waals surface area contributed by atoms with Crippen LogP contribution in [0, 0.1) is 5.82 Å². The van der Waals surface area contributed by atoms with Gasteiger partial charge in [0.15, 0.2) is 5.76 Å². The number of hydrogen-bond acceptors (Lipinski definition) is 7. The molecule has 1 amide bonds. The number of aliphatic hydroxyl groups is 1. The summed E-state index contributed by atoms with van der Waals surface area (Å²) in [6.07, 6.45) is 3.71. The average Bonchev–Trinajstić information content (AvgIpc) is 3.24. The fourth-order valence-corrected chi connectivity index (χ4v) is 4.73. The lowest BCUT2D eigenvalue weighted by Crippen LogP contribution is -2.34. The number of carbonyl (C=O) groups excluding carboxylic acids is 2. The number of carbonyl (C=O) groups is 2. The van der Waals surface area contributed by atoms with E-state index in [0.29, 0.717) is 0 Å². The number of allylic oxidation sites excluding steroid dienone is 1. The van der Waals surface area contributed by atoms with Crippen molar-refractivity contribution < 1.29 is 27.5 Å². The third-order valence-electron chi connectivity index (χ3n) is 4.93. The number of halogens is 1. The molecule has 10 nitrogen and oxygen atoms in total. The second kappa shape index (κ2) is 8.90. The molecule has 2 heterocycles. The number of hydrogen-bond donors (Lipinski definition) is 2. The molecule has 0 spiro atoms. The summed E-state index contributed by atoms with van der Waals surface area (Å²) < 4.78 is 40.6. The molecule has 0 unspecified atom stereocenters. The number of nitrogens with one attached hydrogen (secondary N) is 1. The van der Waals surface area contributed by atoms with E-state index >= 15 is 0 Å². The molecule has 0 fully saturated rings. The summed E-state index contributed by atoms with van der Waals surface area (Å²) in [6, 6.07) is 11.2. The molecule has 0 radical (unpaired) electrons. The lowest BCUT2D eigenvalue weighted by atomic mass is 10.1. The highest BCUT2D eigenvalue weighted by Gasteiger charge is 2.36. The minimum Gasteiger partial charge on any atom is -0.505 e. The number of aromatic nitrogens is 3. The summed E-state index contributed by atoms with van der Waals surface area (Å²) in [5.41, 5.74) is 0.134. The summed E-state index contributed by atoms with van der Waals surface area (Å²) in [5.74, 6) is -2.18. The van der Waals surface area contributed by atoms with Crippen molar-refractivity contribution in [1.29, 1.82) is 0 Å². The molecule has 2 N–H and O–H groups in total. The van der Waals surface area contributed by atoms with Crippen LogP contribution in [-0.2, 0) is 26.2 Å². The number of sulfonamides is 1. The molecule has 4 rings (SSSR count). The third-order valence-corrected chi connectivity index (χ3v) is 6.74. The lowest BCUT2D eigenvalue weighted by molar-refractivity contribution is -0.117. The van der Waals surface area contributed by atoms with Crippen molar-refractivity contribution >= 4 is 39.2 Å². The molecule has 1 aromatic heterocycles. The summed E-state index contributed by atoms with van der Waals surface area (Å²) >= 11 is 0. The van der Waals surface area contributed by atoms with Gasteiger partial charge in [-0.2, -0.15) is 0 Å². The molecule has 0 saturated heterocycles. The molecule has 0 bridgehead atoms. The Morgan fingerprint density at radius 1 is 1.18 bits per heavy atom. The van der Waals surface area contributed by atoms with Gasteiger partial charge in [0.05, 0.1) is 11.1 Å². The molecule has 1 aliphatic rings. The minimum atomic E-state index is -4.01. The molecule has 12 heteroatoms. The highest BCUT2D eigenvalue weighted by Crippen LogP contribution is 2.34. The fraction of sp³-hybridized carbons (Fsp3) is 0.0909. The third kappa shape index (κ3) is 4.43. The van der Waals surface area contributed by atoms with Crippen molar-refractivity contribution in [2.75, 3.05) is 12.4 Å². The lowest BCUT2D eigenvalue weighted by Gasteiger charge is -2.27. The Balaban J connectivity index is 1.48. The first-order valence-corrected chi connectivity index (χ1v) is 11.3. The van der Waals surface area contributed by atoms with Gasteiger partial charge in [0.2, 0.25) is 11.7 Å². The van der Waals surface area contributed by atoms with Gasteiger partial charge in [-0.25, -0.2) is 17.5 Å². The molecular weight excluding hydrogens is 465 g/mol. The zero-order valence-electron chi connectivity index (χ0n) is 17.7. The first-order chi connectivity index (χ1) is 16.2. The Kier molecular flexibility index (Phi) is 5.99. The van der Waals surface area contributed by atoms with Gasteiger partial charge in [-0.15, -0.1) is 5.10 Å². The zero-order chi connectivity index (χ0) is 24.5. The van der Waals surface area contributed by atoms with Crippen LogP contribution in [0.5, 0.6) is 0 Å².